The zero-order valence-electron chi connectivity index (χ0n) is 9.65. The fourth-order valence-electron chi connectivity index (χ4n) is 1.92. The van der Waals surface area contributed by atoms with Gasteiger partial charge in [-0.05, 0) is 19.9 Å². The minimum Gasteiger partial charge on any atom is -0.337 e. The van der Waals surface area contributed by atoms with Gasteiger partial charge in [0.25, 0.3) is 5.91 Å². The van der Waals surface area contributed by atoms with E-state index in [9.17, 15) is 4.79 Å². The van der Waals surface area contributed by atoms with E-state index >= 15 is 0 Å². The third-order valence-electron chi connectivity index (χ3n) is 2.87. The van der Waals surface area contributed by atoms with Crippen LogP contribution in [0.1, 0.15) is 23.3 Å². The van der Waals surface area contributed by atoms with E-state index in [1.807, 2.05) is 22.7 Å². The van der Waals surface area contributed by atoms with Crippen molar-refractivity contribution < 1.29 is 4.79 Å². The topological polar surface area (TPSA) is 50.2 Å². The highest BCUT2D eigenvalue weighted by Gasteiger charge is 2.20. The Labute approximate surface area is 95.5 Å². The van der Waals surface area contributed by atoms with Gasteiger partial charge in [0.15, 0.2) is 0 Å². The van der Waals surface area contributed by atoms with Crippen molar-refractivity contribution in [2.45, 2.75) is 19.4 Å². The highest BCUT2D eigenvalue weighted by atomic mass is 16.2. The van der Waals surface area contributed by atoms with E-state index < -0.39 is 0 Å². The van der Waals surface area contributed by atoms with Gasteiger partial charge >= 0.3 is 0 Å². The van der Waals surface area contributed by atoms with Crippen LogP contribution in [-0.4, -0.2) is 47.0 Å². The van der Waals surface area contributed by atoms with Crippen molar-refractivity contribution in [2.24, 2.45) is 0 Å². The number of carbonyl (C=O) groups excluding carboxylic acids is 1. The van der Waals surface area contributed by atoms with Gasteiger partial charge in [-0.3, -0.25) is 4.79 Å². The largest absolute Gasteiger partial charge is 0.337 e. The van der Waals surface area contributed by atoms with Crippen molar-refractivity contribution in [1.82, 2.24) is 19.8 Å². The lowest BCUT2D eigenvalue weighted by Gasteiger charge is -2.12. The van der Waals surface area contributed by atoms with E-state index in [1.54, 1.807) is 6.33 Å². The van der Waals surface area contributed by atoms with Crippen molar-refractivity contribution >= 4 is 5.91 Å². The number of hydrogen-bond donors (Lipinski definition) is 1. The summed E-state index contributed by atoms with van der Waals surface area (Å²) in [5.74, 6) is 0.0701. The highest BCUT2D eigenvalue weighted by molar-refractivity contribution is 5.92. The van der Waals surface area contributed by atoms with Gasteiger partial charge in [0.05, 0.1) is 6.33 Å². The third kappa shape index (κ3) is 2.41. The molecule has 16 heavy (non-hydrogen) atoms. The number of carbonyl (C=O) groups is 1. The van der Waals surface area contributed by atoms with Crippen LogP contribution in [0.2, 0.25) is 0 Å². The molecule has 0 atom stereocenters. The summed E-state index contributed by atoms with van der Waals surface area (Å²) in [6.45, 7) is 3.48. The van der Waals surface area contributed by atoms with E-state index in [-0.39, 0.29) is 5.91 Å². The number of aromatic nitrogens is 2. The molecule has 0 spiro atoms. The lowest BCUT2D eigenvalue weighted by molar-refractivity contribution is 0.0787. The number of likely N-dealkylation sites (N-methyl/N-ethyl adjacent to an activating group) is 1. The molecule has 2 heterocycles. The molecule has 0 unspecified atom stereocenters. The van der Waals surface area contributed by atoms with Gasteiger partial charge in [0.2, 0.25) is 0 Å². The summed E-state index contributed by atoms with van der Waals surface area (Å²) in [7, 11) is 1.91. The first-order valence-electron chi connectivity index (χ1n) is 5.77. The normalized spacial score (nSPS) is 15.7. The highest BCUT2D eigenvalue weighted by Crippen LogP contribution is 2.11. The number of rotatable bonds is 4. The van der Waals surface area contributed by atoms with Gasteiger partial charge in [0, 0.05) is 32.4 Å². The van der Waals surface area contributed by atoms with Crippen LogP contribution in [0.5, 0.6) is 0 Å². The molecule has 0 aromatic carbocycles. The first kappa shape index (κ1) is 11.1. The fraction of sp³-hybridized carbons (Fsp3) is 0.636. The van der Waals surface area contributed by atoms with Gasteiger partial charge in [0.1, 0.15) is 5.69 Å². The van der Waals surface area contributed by atoms with Gasteiger partial charge in [-0.15, -0.1) is 0 Å². The summed E-state index contributed by atoms with van der Waals surface area (Å²) in [5, 5.41) is 3.07. The number of hydrogen-bond acceptors (Lipinski definition) is 3. The number of likely N-dealkylation sites (tertiary alicyclic amines) is 1. The molecule has 0 saturated carbocycles. The van der Waals surface area contributed by atoms with E-state index in [0.29, 0.717) is 5.69 Å². The minimum atomic E-state index is 0.0701. The molecule has 1 fully saturated rings. The number of amides is 1. The van der Waals surface area contributed by atoms with E-state index in [1.165, 1.54) is 0 Å². The summed E-state index contributed by atoms with van der Waals surface area (Å²) in [6.07, 6.45) is 5.79. The second kappa shape index (κ2) is 5.12. The van der Waals surface area contributed by atoms with Crippen molar-refractivity contribution in [2.75, 3.05) is 26.7 Å². The quantitative estimate of drug-likeness (QED) is 0.799. The molecule has 0 radical (unpaired) electrons. The lowest BCUT2D eigenvalue weighted by Crippen LogP contribution is -2.27. The summed E-state index contributed by atoms with van der Waals surface area (Å²) < 4.78 is 1.94. The van der Waals surface area contributed by atoms with E-state index in [0.717, 1.165) is 39.0 Å². The summed E-state index contributed by atoms with van der Waals surface area (Å²) in [5.41, 5.74) is 0.568. The van der Waals surface area contributed by atoms with Gasteiger partial charge in [-0.25, -0.2) is 4.98 Å². The Morgan fingerprint density at radius 1 is 1.50 bits per heavy atom. The molecule has 5 nitrogen and oxygen atoms in total. The number of imidazole rings is 1. The molecule has 5 heteroatoms. The monoisotopic (exact) mass is 222 g/mol. The zero-order valence-corrected chi connectivity index (χ0v) is 9.65. The molecule has 1 saturated heterocycles. The Morgan fingerprint density at radius 3 is 2.94 bits per heavy atom. The zero-order chi connectivity index (χ0) is 11.4. The van der Waals surface area contributed by atoms with Crippen molar-refractivity contribution in [3.63, 3.8) is 0 Å². The Hall–Kier alpha value is -1.36. The second-order valence-electron chi connectivity index (χ2n) is 4.10. The van der Waals surface area contributed by atoms with Gasteiger partial charge in [-0.1, -0.05) is 0 Å². The maximum Gasteiger partial charge on any atom is 0.274 e. The fourth-order valence-corrected chi connectivity index (χ4v) is 1.92. The molecule has 1 aliphatic rings. The Kier molecular flexibility index (Phi) is 3.56. The SMILES string of the molecule is CNCCn1cnc(C(=O)N2CCCC2)c1. The van der Waals surface area contributed by atoms with Crippen LogP contribution in [0.3, 0.4) is 0 Å². The summed E-state index contributed by atoms with van der Waals surface area (Å²) >= 11 is 0. The molecule has 1 amide bonds. The van der Waals surface area contributed by atoms with E-state index in [4.69, 9.17) is 0 Å². The van der Waals surface area contributed by atoms with Crippen molar-refractivity contribution in [3.05, 3.63) is 18.2 Å². The minimum absolute atomic E-state index is 0.0701. The molecule has 1 aromatic heterocycles. The van der Waals surface area contributed by atoms with Crippen LogP contribution in [-0.2, 0) is 6.54 Å². The first-order chi connectivity index (χ1) is 7.81. The number of nitrogens with one attached hydrogen (secondary N) is 1. The average Bonchev–Trinajstić information content (AvgIpc) is 2.96. The third-order valence-corrected chi connectivity index (χ3v) is 2.87. The summed E-state index contributed by atoms with van der Waals surface area (Å²) in [6, 6.07) is 0. The maximum atomic E-state index is 12.0. The van der Waals surface area contributed by atoms with Gasteiger partial charge < -0.3 is 14.8 Å². The first-order valence-corrected chi connectivity index (χ1v) is 5.77. The lowest BCUT2D eigenvalue weighted by atomic mass is 10.4. The van der Waals surface area contributed by atoms with Crippen LogP contribution < -0.4 is 5.32 Å². The van der Waals surface area contributed by atoms with Crippen LogP contribution in [0, 0.1) is 0 Å². The molecule has 2 rings (SSSR count). The number of nitrogens with zero attached hydrogens (tertiary/aromatic N) is 3. The second-order valence-corrected chi connectivity index (χ2v) is 4.10. The van der Waals surface area contributed by atoms with Crippen LogP contribution in [0.4, 0.5) is 0 Å². The van der Waals surface area contributed by atoms with Crippen LogP contribution in [0.25, 0.3) is 0 Å². The molecule has 0 bridgehead atoms. The molecular weight excluding hydrogens is 204 g/mol. The Morgan fingerprint density at radius 2 is 2.25 bits per heavy atom. The van der Waals surface area contributed by atoms with Gasteiger partial charge in [-0.2, -0.15) is 0 Å². The van der Waals surface area contributed by atoms with Crippen molar-refractivity contribution in [1.29, 1.82) is 0 Å². The van der Waals surface area contributed by atoms with E-state index in [2.05, 4.69) is 10.3 Å². The molecule has 1 N–H and O–H groups in total. The van der Waals surface area contributed by atoms with Crippen LogP contribution >= 0.6 is 0 Å². The Bertz CT molecular complexity index is 355. The predicted octanol–water partition coefficient (Wildman–Crippen LogP) is 0.338. The maximum absolute atomic E-state index is 12.0. The molecule has 0 aliphatic carbocycles. The average molecular weight is 222 g/mol. The summed E-state index contributed by atoms with van der Waals surface area (Å²) in [4.78, 5) is 18.0. The molecule has 1 aliphatic heterocycles. The standard InChI is InChI=1S/C11H18N4O/c1-12-4-7-14-8-10(13-9-14)11(16)15-5-2-3-6-15/h8-9,12H,2-7H2,1H3. The molecule has 1 aromatic rings. The molecular formula is C11H18N4O. The van der Waals surface area contributed by atoms with Crippen LogP contribution in [0.15, 0.2) is 12.5 Å². The Balaban J connectivity index is 1.97. The van der Waals surface area contributed by atoms with Crippen molar-refractivity contribution in [3.8, 4) is 0 Å². The molecule has 88 valence electrons. The predicted molar refractivity (Wildman–Crippen MR) is 61.3 cm³/mol. The smallest absolute Gasteiger partial charge is 0.274 e.